The van der Waals surface area contributed by atoms with Crippen LogP contribution in [0.5, 0.6) is 0 Å². The number of anilines is 3. The second kappa shape index (κ2) is 8.44. The van der Waals surface area contributed by atoms with Crippen LogP contribution in [0.2, 0.25) is 0 Å². The lowest BCUT2D eigenvalue weighted by Gasteiger charge is -2.22. The van der Waals surface area contributed by atoms with E-state index in [4.69, 9.17) is 0 Å². The van der Waals surface area contributed by atoms with Crippen LogP contribution in [0.15, 0.2) is 48.1 Å². The van der Waals surface area contributed by atoms with E-state index in [9.17, 15) is 0 Å². The first-order valence-corrected chi connectivity index (χ1v) is 11.3. The lowest BCUT2D eigenvalue weighted by Crippen LogP contribution is -2.21. The van der Waals surface area contributed by atoms with Crippen LogP contribution in [0.4, 0.5) is 17.2 Å². The van der Waals surface area contributed by atoms with Crippen LogP contribution in [0.25, 0.3) is 21.3 Å². The number of nitrogens with zero attached hydrogens (tertiary/aromatic N) is 3. The van der Waals surface area contributed by atoms with Gasteiger partial charge in [0.25, 0.3) is 0 Å². The Morgan fingerprint density at radius 1 is 0.900 bits per heavy atom. The predicted octanol–water partition coefficient (Wildman–Crippen LogP) is 6.87. The summed E-state index contributed by atoms with van der Waals surface area (Å²) in [5.74, 6) is 0.856. The average Bonchev–Trinajstić information content (AvgIpc) is 3.16. The lowest BCUT2D eigenvalue weighted by molar-refractivity contribution is 0.866. The van der Waals surface area contributed by atoms with Crippen molar-refractivity contribution in [3.05, 3.63) is 64.8 Å². The molecule has 2 aromatic heterocycles. The quantitative estimate of drug-likeness (QED) is 0.372. The van der Waals surface area contributed by atoms with Crippen LogP contribution < -0.4 is 10.2 Å². The molecule has 0 bridgehead atoms. The number of fused-ring (bicyclic) bond motifs is 1. The zero-order valence-electron chi connectivity index (χ0n) is 18.3. The van der Waals surface area contributed by atoms with Gasteiger partial charge in [-0.3, -0.25) is 0 Å². The summed E-state index contributed by atoms with van der Waals surface area (Å²) < 4.78 is 0. The molecule has 4 nitrogen and oxygen atoms in total. The summed E-state index contributed by atoms with van der Waals surface area (Å²) in [6, 6.07) is 13.2. The second-order valence-corrected chi connectivity index (χ2v) is 8.52. The normalized spacial score (nSPS) is 11.1. The van der Waals surface area contributed by atoms with Crippen molar-refractivity contribution < 1.29 is 0 Å². The molecule has 0 radical (unpaired) electrons. The summed E-state index contributed by atoms with van der Waals surface area (Å²) in [6.07, 6.45) is 1.65. The van der Waals surface area contributed by atoms with Crippen molar-refractivity contribution in [1.29, 1.82) is 0 Å². The molecule has 0 aliphatic heterocycles. The maximum absolute atomic E-state index is 4.61. The zero-order chi connectivity index (χ0) is 21.3. The standard InChI is InChI=1S/C25H28N4S/c1-6-29(7-2)19-9-11-22(18(5)13-19)28-24-23-21(14-30-25(23)27-15-26-24)20-10-8-16(3)12-17(20)4/h8-15H,6-7H2,1-5H3,(H,26,27,28). The molecule has 0 spiro atoms. The molecule has 0 atom stereocenters. The van der Waals surface area contributed by atoms with Crippen molar-refractivity contribution in [2.24, 2.45) is 0 Å². The number of aryl methyl sites for hydroxylation is 3. The first-order valence-electron chi connectivity index (χ1n) is 10.4. The molecule has 1 N–H and O–H groups in total. The van der Waals surface area contributed by atoms with Crippen LogP contribution >= 0.6 is 11.3 Å². The Morgan fingerprint density at radius 2 is 1.70 bits per heavy atom. The van der Waals surface area contributed by atoms with Crippen molar-refractivity contribution >= 4 is 38.7 Å². The fourth-order valence-corrected chi connectivity index (χ4v) is 4.89. The third-order valence-electron chi connectivity index (χ3n) is 5.63. The third-order valence-corrected chi connectivity index (χ3v) is 6.52. The SMILES string of the molecule is CCN(CC)c1ccc(Nc2ncnc3scc(-c4ccc(C)cc4C)c23)c(C)c1. The van der Waals surface area contributed by atoms with Gasteiger partial charge in [-0.15, -0.1) is 11.3 Å². The largest absolute Gasteiger partial charge is 0.372 e. The van der Waals surface area contributed by atoms with Crippen LogP contribution in [-0.2, 0) is 0 Å². The fraction of sp³-hybridized carbons (Fsp3) is 0.280. The van der Waals surface area contributed by atoms with Gasteiger partial charge in [0.15, 0.2) is 0 Å². The van der Waals surface area contributed by atoms with Crippen LogP contribution in [0.1, 0.15) is 30.5 Å². The highest BCUT2D eigenvalue weighted by Crippen LogP contribution is 2.39. The van der Waals surface area contributed by atoms with E-state index >= 15 is 0 Å². The highest BCUT2D eigenvalue weighted by atomic mass is 32.1. The van der Waals surface area contributed by atoms with Gasteiger partial charge in [0.05, 0.1) is 5.39 Å². The summed E-state index contributed by atoms with van der Waals surface area (Å²) in [4.78, 5) is 12.5. The molecule has 0 aliphatic rings. The zero-order valence-corrected chi connectivity index (χ0v) is 19.1. The molecule has 2 aromatic carbocycles. The Balaban J connectivity index is 1.76. The Morgan fingerprint density at radius 3 is 2.40 bits per heavy atom. The number of hydrogen-bond acceptors (Lipinski definition) is 5. The van der Waals surface area contributed by atoms with Gasteiger partial charge in [0.2, 0.25) is 0 Å². The van der Waals surface area contributed by atoms with Crippen molar-refractivity contribution in [3.8, 4) is 11.1 Å². The van der Waals surface area contributed by atoms with Gasteiger partial charge >= 0.3 is 0 Å². The molecule has 0 saturated heterocycles. The summed E-state index contributed by atoms with van der Waals surface area (Å²) in [6.45, 7) is 12.8. The molecule has 0 unspecified atom stereocenters. The highest BCUT2D eigenvalue weighted by Gasteiger charge is 2.15. The molecule has 30 heavy (non-hydrogen) atoms. The minimum absolute atomic E-state index is 0.856. The first-order chi connectivity index (χ1) is 14.5. The predicted molar refractivity (Wildman–Crippen MR) is 130 cm³/mol. The monoisotopic (exact) mass is 416 g/mol. The highest BCUT2D eigenvalue weighted by molar-refractivity contribution is 7.17. The molecule has 5 heteroatoms. The van der Waals surface area contributed by atoms with Crippen LogP contribution in [-0.4, -0.2) is 23.1 Å². The lowest BCUT2D eigenvalue weighted by atomic mass is 9.99. The molecule has 0 fully saturated rings. The Bertz CT molecular complexity index is 1190. The van der Waals surface area contributed by atoms with Gasteiger partial charge in [-0.05, 0) is 69.5 Å². The minimum atomic E-state index is 0.856. The van der Waals surface area contributed by atoms with E-state index in [2.05, 4.69) is 96.6 Å². The Hall–Kier alpha value is -2.92. The molecule has 154 valence electrons. The smallest absolute Gasteiger partial charge is 0.143 e. The number of nitrogens with one attached hydrogen (secondary N) is 1. The van der Waals surface area contributed by atoms with E-state index in [0.717, 1.165) is 34.8 Å². The number of benzene rings is 2. The van der Waals surface area contributed by atoms with Crippen molar-refractivity contribution in [2.45, 2.75) is 34.6 Å². The number of thiophene rings is 1. The molecule has 4 rings (SSSR count). The van der Waals surface area contributed by atoms with E-state index < -0.39 is 0 Å². The van der Waals surface area contributed by atoms with E-state index in [0.29, 0.717) is 0 Å². The van der Waals surface area contributed by atoms with Gasteiger partial charge in [0.1, 0.15) is 17.0 Å². The topological polar surface area (TPSA) is 41.0 Å². The Labute approximate surface area is 182 Å². The molecular weight excluding hydrogens is 388 g/mol. The summed E-state index contributed by atoms with van der Waals surface area (Å²) in [7, 11) is 0. The van der Waals surface area contributed by atoms with Crippen LogP contribution in [0, 0.1) is 20.8 Å². The van der Waals surface area contributed by atoms with Crippen molar-refractivity contribution in [2.75, 3.05) is 23.3 Å². The number of hydrogen-bond donors (Lipinski definition) is 1. The summed E-state index contributed by atoms with van der Waals surface area (Å²) in [5, 5.41) is 6.86. The van der Waals surface area contributed by atoms with Crippen molar-refractivity contribution in [1.82, 2.24) is 9.97 Å². The van der Waals surface area contributed by atoms with E-state index in [1.807, 2.05) is 0 Å². The van der Waals surface area contributed by atoms with Gasteiger partial charge in [-0.1, -0.05) is 23.8 Å². The molecule has 4 aromatic rings. The maximum Gasteiger partial charge on any atom is 0.143 e. The van der Waals surface area contributed by atoms with E-state index in [1.165, 1.54) is 33.5 Å². The van der Waals surface area contributed by atoms with Gasteiger partial charge in [0, 0.05) is 35.4 Å². The number of aromatic nitrogens is 2. The molecule has 0 saturated carbocycles. The summed E-state index contributed by atoms with van der Waals surface area (Å²) in [5.41, 5.74) is 8.49. The van der Waals surface area contributed by atoms with Crippen LogP contribution in [0.3, 0.4) is 0 Å². The average molecular weight is 417 g/mol. The van der Waals surface area contributed by atoms with Crippen molar-refractivity contribution in [3.63, 3.8) is 0 Å². The second-order valence-electron chi connectivity index (χ2n) is 7.67. The van der Waals surface area contributed by atoms with Gasteiger partial charge < -0.3 is 10.2 Å². The van der Waals surface area contributed by atoms with E-state index in [1.54, 1.807) is 17.7 Å². The molecular formula is C25H28N4S. The van der Waals surface area contributed by atoms with Gasteiger partial charge in [-0.2, -0.15) is 0 Å². The minimum Gasteiger partial charge on any atom is -0.372 e. The van der Waals surface area contributed by atoms with Gasteiger partial charge in [-0.25, -0.2) is 9.97 Å². The Kier molecular flexibility index (Phi) is 5.73. The first kappa shape index (κ1) is 20.4. The number of rotatable bonds is 6. The molecule has 2 heterocycles. The van der Waals surface area contributed by atoms with E-state index in [-0.39, 0.29) is 0 Å². The fourth-order valence-electron chi connectivity index (χ4n) is 3.99. The maximum atomic E-state index is 4.61. The molecule has 0 aliphatic carbocycles. The third kappa shape index (κ3) is 3.77. The summed E-state index contributed by atoms with van der Waals surface area (Å²) >= 11 is 1.67. The molecule has 0 amide bonds.